The van der Waals surface area contributed by atoms with E-state index in [1.807, 2.05) is 0 Å². The van der Waals surface area contributed by atoms with Gasteiger partial charge in [0.15, 0.2) is 5.75 Å². The molecule has 132 valence electrons. The fourth-order valence-corrected chi connectivity index (χ4v) is 3.23. The lowest BCUT2D eigenvalue weighted by Gasteiger charge is -2.11. The van der Waals surface area contributed by atoms with Gasteiger partial charge in [-0.05, 0) is 42.6 Å². The van der Waals surface area contributed by atoms with E-state index in [1.54, 1.807) is 13.2 Å². The Bertz CT molecular complexity index is 803. The Kier molecular flexibility index (Phi) is 6.21. The first-order valence-corrected chi connectivity index (χ1v) is 9.10. The Morgan fingerprint density at radius 1 is 1.48 bits per heavy atom. The number of carbonyl (C=O) groups is 2. The van der Waals surface area contributed by atoms with Crippen LogP contribution in [0.5, 0.6) is 11.5 Å². The highest BCUT2D eigenvalue weighted by molar-refractivity contribution is 8.45. The molecule has 1 aliphatic heterocycles. The molecule has 25 heavy (non-hydrogen) atoms. The van der Waals surface area contributed by atoms with Crippen LogP contribution >= 0.6 is 23.5 Å². The minimum atomic E-state index is -0.702. The van der Waals surface area contributed by atoms with Gasteiger partial charge in [0, 0.05) is 13.0 Å². The number of aliphatic imine (C=N–C) groups is 1. The zero-order chi connectivity index (χ0) is 18.6. The highest BCUT2D eigenvalue weighted by atomic mass is 32.2. The molecule has 10 heteroatoms. The summed E-state index contributed by atoms with van der Waals surface area (Å²) in [4.78, 5) is 38.0. The fourth-order valence-electron chi connectivity index (χ4n) is 1.97. The minimum absolute atomic E-state index is 0.0471. The highest BCUT2D eigenvalue weighted by Crippen LogP contribution is 2.40. The van der Waals surface area contributed by atoms with E-state index in [9.17, 15) is 19.7 Å². The van der Waals surface area contributed by atoms with Crippen LogP contribution in [0.4, 0.5) is 5.69 Å². The molecule has 8 nitrogen and oxygen atoms in total. The Morgan fingerprint density at radius 2 is 2.20 bits per heavy atom. The molecule has 0 aromatic heterocycles. The minimum Gasteiger partial charge on any atom is -0.490 e. The molecule has 0 saturated heterocycles. The molecule has 0 aliphatic carbocycles. The lowest BCUT2D eigenvalue weighted by molar-refractivity contribution is -0.385. The van der Waals surface area contributed by atoms with Crippen LogP contribution < -0.4 is 9.47 Å². The van der Waals surface area contributed by atoms with Gasteiger partial charge in [-0.2, -0.15) is 0 Å². The standard InChI is InChI=1S/C15H14N2O6S2/c1-4-22-12-7-9(5-10-14(19)25-15(16-10)24-3)6-11(17(20)21)13(12)23-8(2)18/h5-7H,4H2,1-3H3/b10-5+. The second-order valence-electron chi connectivity index (χ2n) is 4.65. The topological polar surface area (TPSA) is 108 Å². The lowest BCUT2D eigenvalue weighted by atomic mass is 10.1. The molecule has 0 bridgehead atoms. The first kappa shape index (κ1) is 19.0. The van der Waals surface area contributed by atoms with Crippen LogP contribution in [0.1, 0.15) is 19.4 Å². The third kappa shape index (κ3) is 4.60. The Labute approximate surface area is 151 Å². The molecule has 0 unspecified atom stereocenters. The fraction of sp³-hybridized carbons (Fsp3) is 0.267. The molecule has 0 fully saturated rings. The average Bonchev–Trinajstić information content (AvgIpc) is 2.89. The van der Waals surface area contributed by atoms with Gasteiger partial charge in [0.2, 0.25) is 10.9 Å². The lowest BCUT2D eigenvalue weighted by Crippen LogP contribution is -2.07. The largest absolute Gasteiger partial charge is 0.490 e. The van der Waals surface area contributed by atoms with E-state index in [4.69, 9.17) is 9.47 Å². The Balaban J connectivity index is 2.56. The summed E-state index contributed by atoms with van der Waals surface area (Å²) < 4.78 is 10.9. The molecule has 0 saturated carbocycles. The Hall–Kier alpha value is -2.33. The second kappa shape index (κ2) is 8.17. The van der Waals surface area contributed by atoms with E-state index in [0.29, 0.717) is 9.94 Å². The molecule has 2 rings (SSSR count). The number of rotatable bonds is 5. The van der Waals surface area contributed by atoms with Crippen molar-refractivity contribution in [2.75, 3.05) is 12.9 Å². The maximum absolute atomic E-state index is 11.9. The van der Waals surface area contributed by atoms with Crippen LogP contribution in [0.25, 0.3) is 6.08 Å². The third-order valence-electron chi connectivity index (χ3n) is 2.88. The SMILES string of the molecule is CCOc1cc(/C=C2/N=C(SC)SC2=O)cc([N+](=O)[O-])c1OC(C)=O. The number of nitrogens with zero attached hydrogens (tertiary/aromatic N) is 2. The normalized spacial score (nSPS) is 15.2. The van der Waals surface area contributed by atoms with Crippen molar-refractivity contribution in [1.82, 2.24) is 0 Å². The summed E-state index contributed by atoms with van der Waals surface area (Å²) in [5.41, 5.74) is 0.104. The number of carbonyl (C=O) groups excluding carboxylic acids is 2. The molecular formula is C15H14N2O6S2. The zero-order valence-corrected chi connectivity index (χ0v) is 15.2. The van der Waals surface area contributed by atoms with Crippen LogP contribution in [-0.4, -0.2) is 33.2 Å². The second-order valence-corrected chi connectivity index (χ2v) is 6.67. The van der Waals surface area contributed by atoms with Gasteiger partial charge in [0.05, 0.1) is 11.5 Å². The van der Waals surface area contributed by atoms with E-state index in [1.165, 1.54) is 30.0 Å². The average molecular weight is 382 g/mol. The van der Waals surface area contributed by atoms with Gasteiger partial charge in [0.1, 0.15) is 10.1 Å². The van der Waals surface area contributed by atoms with Crippen molar-refractivity contribution in [3.63, 3.8) is 0 Å². The number of ether oxygens (including phenoxy) is 2. The van der Waals surface area contributed by atoms with Crippen molar-refractivity contribution in [3.8, 4) is 11.5 Å². The molecule has 0 atom stereocenters. The van der Waals surface area contributed by atoms with E-state index < -0.39 is 16.6 Å². The maximum atomic E-state index is 11.9. The van der Waals surface area contributed by atoms with Gasteiger partial charge >= 0.3 is 11.7 Å². The summed E-state index contributed by atoms with van der Waals surface area (Å²) in [7, 11) is 0. The first-order valence-electron chi connectivity index (χ1n) is 7.06. The van der Waals surface area contributed by atoms with Gasteiger partial charge in [-0.15, -0.1) is 11.8 Å². The summed E-state index contributed by atoms with van der Waals surface area (Å²) in [5.74, 6) is -0.917. The molecule has 0 amide bonds. The third-order valence-corrected chi connectivity index (χ3v) is 4.73. The molecule has 1 aliphatic rings. The number of nitro groups is 1. The number of thioether (sulfide) groups is 2. The summed E-state index contributed by atoms with van der Waals surface area (Å²) in [6.45, 7) is 3.05. The Morgan fingerprint density at radius 3 is 2.72 bits per heavy atom. The van der Waals surface area contributed by atoms with E-state index >= 15 is 0 Å². The van der Waals surface area contributed by atoms with Crippen molar-refractivity contribution in [3.05, 3.63) is 33.5 Å². The quantitative estimate of drug-likeness (QED) is 0.251. The van der Waals surface area contributed by atoms with Crippen LogP contribution in [-0.2, 0) is 9.59 Å². The monoisotopic (exact) mass is 382 g/mol. The molecule has 1 heterocycles. The van der Waals surface area contributed by atoms with Crippen LogP contribution in [0.15, 0.2) is 22.8 Å². The number of hydrogen-bond donors (Lipinski definition) is 0. The summed E-state index contributed by atoms with van der Waals surface area (Å²) in [6, 6.07) is 2.67. The molecule has 1 aromatic rings. The number of nitro benzene ring substituents is 1. The van der Waals surface area contributed by atoms with Crippen LogP contribution in [0, 0.1) is 10.1 Å². The number of benzene rings is 1. The maximum Gasteiger partial charge on any atom is 0.316 e. The van der Waals surface area contributed by atoms with Gasteiger partial charge in [-0.25, -0.2) is 4.99 Å². The van der Waals surface area contributed by atoms with Crippen molar-refractivity contribution < 1.29 is 24.0 Å². The zero-order valence-electron chi connectivity index (χ0n) is 13.6. The molecular weight excluding hydrogens is 368 g/mol. The van der Waals surface area contributed by atoms with Crippen molar-refractivity contribution in [2.24, 2.45) is 4.99 Å². The van der Waals surface area contributed by atoms with Crippen molar-refractivity contribution in [1.29, 1.82) is 0 Å². The number of esters is 1. The molecule has 0 N–H and O–H groups in total. The van der Waals surface area contributed by atoms with Gasteiger partial charge < -0.3 is 9.47 Å². The van der Waals surface area contributed by atoms with Gasteiger partial charge in [-0.3, -0.25) is 19.7 Å². The molecule has 1 aromatic carbocycles. The van der Waals surface area contributed by atoms with Crippen LogP contribution in [0.3, 0.4) is 0 Å². The van der Waals surface area contributed by atoms with Crippen LogP contribution in [0.2, 0.25) is 0 Å². The first-order chi connectivity index (χ1) is 11.8. The highest BCUT2D eigenvalue weighted by Gasteiger charge is 2.26. The predicted molar refractivity (Wildman–Crippen MR) is 97.1 cm³/mol. The van der Waals surface area contributed by atoms with E-state index in [2.05, 4.69) is 4.99 Å². The van der Waals surface area contributed by atoms with Gasteiger partial charge in [-0.1, -0.05) is 0 Å². The smallest absolute Gasteiger partial charge is 0.316 e. The van der Waals surface area contributed by atoms with Crippen molar-refractivity contribution in [2.45, 2.75) is 13.8 Å². The summed E-state index contributed by atoms with van der Waals surface area (Å²) >= 11 is 2.34. The van der Waals surface area contributed by atoms with Crippen molar-refractivity contribution >= 4 is 50.7 Å². The number of hydrogen-bond acceptors (Lipinski definition) is 9. The predicted octanol–water partition coefficient (Wildman–Crippen LogP) is 3.25. The summed E-state index contributed by atoms with van der Waals surface area (Å²) in [5, 5.41) is 11.1. The molecule has 0 spiro atoms. The van der Waals surface area contributed by atoms with E-state index in [0.717, 1.165) is 18.7 Å². The molecule has 0 radical (unpaired) electrons. The van der Waals surface area contributed by atoms with E-state index in [-0.39, 0.29) is 28.9 Å². The summed E-state index contributed by atoms with van der Waals surface area (Å²) in [6.07, 6.45) is 3.24. The van der Waals surface area contributed by atoms with Gasteiger partial charge in [0.25, 0.3) is 0 Å².